The van der Waals surface area contributed by atoms with Crippen LogP contribution in [-0.4, -0.2) is 28.7 Å². The van der Waals surface area contributed by atoms with Crippen LogP contribution in [0.4, 0.5) is 30.2 Å². The number of nitro benzene ring substituents is 2. The molecule has 0 aliphatic heterocycles. The lowest BCUT2D eigenvalue weighted by atomic mass is 10.1. The van der Waals surface area contributed by atoms with E-state index >= 15 is 0 Å². The number of hydrogen-bond acceptors (Lipinski definition) is 7. The van der Waals surface area contributed by atoms with Crippen molar-refractivity contribution in [3.05, 3.63) is 31.9 Å². The van der Waals surface area contributed by atoms with Gasteiger partial charge in [-0.2, -0.15) is 18.4 Å². The topological polar surface area (TPSA) is 113 Å². The first-order valence-electron chi connectivity index (χ1n) is 7.91. The summed E-state index contributed by atoms with van der Waals surface area (Å²) in [5.41, 5.74) is -3.91. The van der Waals surface area contributed by atoms with Gasteiger partial charge in [-0.1, -0.05) is 13.8 Å². The van der Waals surface area contributed by atoms with E-state index in [2.05, 4.69) is 0 Å². The van der Waals surface area contributed by atoms with Crippen LogP contribution >= 0.6 is 11.8 Å². The van der Waals surface area contributed by atoms with Crippen molar-refractivity contribution in [2.75, 3.05) is 23.7 Å². The van der Waals surface area contributed by atoms with E-state index in [0.29, 0.717) is 30.7 Å². The normalized spacial score (nSPS) is 11.1. The van der Waals surface area contributed by atoms with Gasteiger partial charge in [0.15, 0.2) is 5.69 Å². The average Bonchev–Trinajstić information content (AvgIpc) is 2.57. The zero-order chi connectivity index (χ0) is 20.8. The molecule has 0 saturated carbocycles. The van der Waals surface area contributed by atoms with Crippen LogP contribution in [0, 0.1) is 31.6 Å². The molecule has 0 aliphatic rings. The minimum Gasteiger partial charge on any atom is -0.360 e. The molecule has 0 saturated heterocycles. The van der Waals surface area contributed by atoms with E-state index in [4.69, 9.17) is 5.26 Å². The van der Waals surface area contributed by atoms with Crippen LogP contribution in [0.15, 0.2) is 11.0 Å². The number of nitriles is 1. The summed E-state index contributed by atoms with van der Waals surface area (Å²) in [7, 11) is 0. The van der Waals surface area contributed by atoms with E-state index in [1.54, 1.807) is 19.9 Å². The third-order valence-corrected chi connectivity index (χ3v) is 4.45. The van der Waals surface area contributed by atoms with Crippen LogP contribution in [0.3, 0.4) is 0 Å². The van der Waals surface area contributed by atoms with Gasteiger partial charge in [-0.25, -0.2) is 0 Å². The summed E-state index contributed by atoms with van der Waals surface area (Å²) in [5, 5.41) is 31.8. The Bertz CT molecular complexity index is 759. The molecular weight excluding hydrogens is 389 g/mol. The number of nitrogens with zero attached hydrogens (tertiary/aromatic N) is 4. The number of hydrogen-bond donors (Lipinski definition) is 0. The van der Waals surface area contributed by atoms with Gasteiger partial charge in [0.2, 0.25) is 0 Å². The summed E-state index contributed by atoms with van der Waals surface area (Å²) in [4.78, 5) is 21.6. The molecule has 1 aromatic carbocycles. The lowest BCUT2D eigenvalue weighted by molar-refractivity contribution is -0.395. The van der Waals surface area contributed by atoms with Gasteiger partial charge < -0.3 is 4.90 Å². The van der Waals surface area contributed by atoms with Crippen LogP contribution in [0.2, 0.25) is 0 Å². The molecule has 8 nitrogen and oxygen atoms in total. The molecule has 0 radical (unpaired) electrons. The largest absolute Gasteiger partial charge is 0.417 e. The highest BCUT2D eigenvalue weighted by atomic mass is 32.2. The minimum atomic E-state index is -5.05. The van der Waals surface area contributed by atoms with Gasteiger partial charge in [-0.05, 0) is 12.8 Å². The van der Waals surface area contributed by atoms with Crippen LogP contribution in [0.25, 0.3) is 0 Å². The van der Waals surface area contributed by atoms with E-state index < -0.39 is 49.3 Å². The third-order valence-electron chi connectivity index (χ3n) is 3.48. The number of anilines is 1. The zero-order valence-corrected chi connectivity index (χ0v) is 15.4. The van der Waals surface area contributed by atoms with Gasteiger partial charge in [0.1, 0.15) is 4.90 Å². The first kappa shape index (κ1) is 22.5. The molecule has 0 bridgehead atoms. The van der Waals surface area contributed by atoms with Gasteiger partial charge in [0.05, 0.1) is 27.2 Å². The maximum Gasteiger partial charge on any atom is 0.417 e. The fourth-order valence-electron chi connectivity index (χ4n) is 2.58. The summed E-state index contributed by atoms with van der Waals surface area (Å²) in [6.45, 7) is 3.89. The molecule has 0 aliphatic carbocycles. The predicted octanol–water partition coefficient (Wildman–Crippen LogP) is 4.76. The maximum absolute atomic E-state index is 13.4. The highest BCUT2D eigenvalue weighted by Crippen LogP contribution is 2.50. The SMILES string of the molecule is CCCN(CCC)c1c([N+](=O)[O-])cc(C(F)(F)F)c(SCC#N)c1[N+](=O)[O-]. The zero-order valence-electron chi connectivity index (χ0n) is 14.6. The van der Waals surface area contributed by atoms with Gasteiger partial charge in [0, 0.05) is 19.2 Å². The second-order valence-electron chi connectivity index (χ2n) is 5.42. The Hall–Kier alpha value is -2.55. The van der Waals surface area contributed by atoms with E-state index in [1.807, 2.05) is 0 Å². The van der Waals surface area contributed by atoms with Gasteiger partial charge in [-0.3, -0.25) is 20.2 Å². The number of halogens is 3. The van der Waals surface area contributed by atoms with Crippen molar-refractivity contribution in [3.63, 3.8) is 0 Å². The summed E-state index contributed by atoms with van der Waals surface area (Å²) in [6, 6.07) is 1.94. The Kier molecular flexibility index (Phi) is 7.83. The molecular formula is C15H17F3N4O4S. The molecule has 148 valence electrons. The Morgan fingerprint density at radius 1 is 1.19 bits per heavy atom. The highest BCUT2D eigenvalue weighted by molar-refractivity contribution is 7.99. The molecule has 0 spiro atoms. The summed E-state index contributed by atoms with van der Waals surface area (Å²) in [5.74, 6) is -0.470. The van der Waals surface area contributed by atoms with Crippen molar-refractivity contribution in [3.8, 4) is 6.07 Å². The molecule has 1 aromatic rings. The standard InChI is InChI=1S/C15H17F3N4O4S/c1-3-6-20(7-4-2)12-11(21(23)24)9-10(15(16,17)18)14(27-8-5-19)13(12)22(25)26/h9H,3-4,6-8H2,1-2H3. The smallest absolute Gasteiger partial charge is 0.360 e. The van der Waals surface area contributed by atoms with Crippen LogP contribution < -0.4 is 4.90 Å². The van der Waals surface area contributed by atoms with Gasteiger partial charge in [-0.15, -0.1) is 11.8 Å². The van der Waals surface area contributed by atoms with Crippen molar-refractivity contribution in [1.29, 1.82) is 5.26 Å². The Morgan fingerprint density at radius 2 is 1.74 bits per heavy atom. The second kappa shape index (κ2) is 9.40. The van der Waals surface area contributed by atoms with E-state index in [-0.39, 0.29) is 13.1 Å². The van der Waals surface area contributed by atoms with Crippen LogP contribution in [0.1, 0.15) is 32.3 Å². The highest BCUT2D eigenvalue weighted by Gasteiger charge is 2.43. The number of alkyl halides is 3. The van der Waals surface area contributed by atoms with Crippen molar-refractivity contribution in [2.24, 2.45) is 0 Å². The summed E-state index contributed by atoms with van der Waals surface area (Å²) in [6.07, 6.45) is -4.09. The second-order valence-corrected chi connectivity index (χ2v) is 6.40. The first-order chi connectivity index (χ1) is 12.6. The lowest BCUT2D eigenvalue weighted by Gasteiger charge is -2.25. The predicted molar refractivity (Wildman–Crippen MR) is 93.9 cm³/mol. The fraction of sp³-hybridized carbons (Fsp3) is 0.533. The van der Waals surface area contributed by atoms with E-state index in [1.165, 1.54) is 4.90 Å². The van der Waals surface area contributed by atoms with E-state index in [9.17, 15) is 33.4 Å². The Labute approximate surface area is 157 Å². The van der Waals surface area contributed by atoms with Crippen LogP contribution in [-0.2, 0) is 6.18 Å². The molecule has 0 unspecified atom stereocenters. The molecule has 0 aromatic heterocycles. The lowest BCUT2D eigenvalue weighted by Crippen LogP contribution is -2.27. The first-order valence-corrected chi connectivity index (χ1v) is 8.90. The minimum absolute atomic E-state index is 0.198. The molecule has 12 heteroatoms. The molecule has 0 atom stereocenters. The van der Waals surface area contributed by atoms with Crippen LogP contribution in [0.5, 0.6) is 0 Å². The Balaban J connectivity index is 4.00. The van der Waals surface area contributed by atoms with Crippen molar-refractivity contribution < 1.29 is 23.0 Å². The maximum atomic E-state index is 13.4. The molecule has 27 heavy (non-hydrogen) atoms. The monoisotopic (exact) mass is 406 g/mol. The molecule has 0 N–H and O–H groups in total. The summed E-state index contributed by atoms with van der Waals surface area (Å²) < 4.78 is 40.3. The van der Waals surface area contributed by atoms with Gasteiger partial charge in [0.25, 0.3) is 5.69 Å². The third kappa shape index (κ3) is 5.22. The summed E-state index contributed by atoms with van der Waals surface area (Å²) >= 11 is 0.345. The fourth-order valence-corrected chi connectivity index (χ4v) is 3.43. The number of benzene rings is 1. The Morgan fingerprint density at radius 3 is 2.11 bits per heavy atom. The molecule has 0 fully saturated rings. The van der Waals surface area contributed by atoms with Crippen molar-refractivity contribution in [2.45, 2.75) is 37.8 Å². The average molecular weight is 406 g/mol. The van der Waals surface area contributed by atoms with Crippen molar-refractivity contribution in [1.82, 2.24) is 0 Å². The molecule has 0 amide bonds. The molecule has 1 rings (SSSR count). The number of thioether (sulfide) groups is 1. The quantitative estimate of drug-likeness (QED) is 0.330. The molecule has 0 heterocycles. The van der Waals surface area contributed by atoms with Gasteiger partial charge >= 0.3 is 11.9 Å². The number of rotatable bonds is 9. The number of nitro groups is 2. The van der Waals surface area contributed by atoms with Crippen molar-refractivity contribution >= 4 is 28.8 Å². The van der Waals surface area contributed by atoms with E-state index in [0.717, 1.165) is 0 Å².